The van der Waals surface area contributed by atoms with Crippen LogP contribution in [0.4, 0.5) is 4.39 Å². The molecular formula is C51H69FO4S4. The van der Waals surface area contributed by atoms with Crippen LogP contribution in [0, 0.1) is 19.7 Å². The molecule has 0 saturated heterocycles. The van der Waals surface area contributed by atoms with Crippen molar-refractivity contribution in [2.45, 2.75) is 176 Å². The lowest BCUT2D eigenvalue weighted by Gasteiger charge is -2.16. The second-order valence-electron chi connectivity index (χ2n) is 16.8. The Hall–Kier alpha value is -2.72. The molecule has 9 heteroatoms. The maximum absolute atomic E-state index is 16.4. The summed E-state index contributed by atoms with van der Waals surface area (Å²) in [5, 5.41) is 4.94. The zero-order valence-corrected chi connectivity index (χ0v) is 40.4. The first kappa shape index (κ1) is 46.8. The normalized spacial score (nSPS) is 11.9. The maximum atomic E-state index is 16.4. The first-order valence-electron chi connectivity index (χ1n) is 23.4. The van der Waals surface area contributed by atoms with Gasteiger partial charge in [-0.15, -0.1) is 45.3 Å². The van der Waals surface area contributed by atoms with Gasteiger partial charge in [-0.25, -0.2) is 9.18 Å². The highest BCUT2D eigenvalue weighted by molar-refractivity contribution is 7.30. The number of halogens is 1. The number of thiophene rings is 4. The fraction of sp³-hybridized carbons (Fsp3) is 0.588. The highest BCUT2D eigenvalue weighted by atomic mass is 32.1. The summed E-state index contributed by atoms with van der Waals surface area (Å²) in [7, 11) is 0. The summed E-state index contributed by atoms with van der Waals surface area (Å²) in [5.74, 6) is 0.907. The molecule has 0 radical (unpaired) electrons. The van der Waals surface area contributed by atoms with E-state index in [4.69, 9.17) is 14.2 Å². The summed E-state index contributed by atoms with van der Waals surface area (Å²) in [5.41, 5.74) is 0. The molecule has 0 saturated carbocycles. The number of fused-ring (bicyclic) bond motifs is 4. The van der Waals surface area contributed by atoms with Crippen molar-refractivity contribution in [2.24, 2.45) is 0 Å². The van der Waals surface area contributed by atoms with Crippen LogP contribution in [-0.4, -0.2) is 25.8 Å². The fourth-order valence-corrected chi connectivity index (χ4v) is 12.9. The Kier molecular flexibility index (Phi) is 18.9. The van der Waals surface area contributed by atoms with Crippen LogP contribution in [0.2, 0.25) is 0 Å². The van der Waals surface area contributed by atoms with Crippen molar-refractivity contribution in [1.29, 1.82) is 0 Å². The third-order valence-electron chi connectivity index (χ3n) is 11.7. The number of benzene rings is 2. The van der Waals surface area contributed by atoms with Crippen molar-refractivity contribution in [1.82, 2.24) is 0 Å². The van der Waals surface area contributed by atoms with Crippen LogP contribution in [0.5, 0.6) is 11.5 Å². The number of aryl methyl sites for hydroxylation is 2. The Morgan fingerprint density at radius 3 is 1.68 bits per heavy atom. The third-order valence-corrected chi connectivity index (χ3v) is 16.6. The highest BCUT2D eigenvalue weighted by Gasteiger charge is 2.27. The van der Waals surface area contributed by atoms with Gasteiger partial charge in [0.05, 0.1) is 34.1 Å². The molecule has 328 valence electrons. The molecule has 60 heavy (non-hydrogen) atoms. The van der Waals surface area contributed by atoms with E-state index < -0.39 is 11.8 Å². The van der Waals surface area contributed by atoms with E-state index in [2.05, 4.69) is 52.0 Å². The zero-order valence-electron chi connectivity index (χ0n) is 37.1. The third kappa shape index (κ3) is 12.0. The molecule has 4 nitrogen and oxygen atoms in total. The molecule has 4 heterocycles. The average Bonchev–Trinajstić information content (AvgIpc) is 4.01. The Balaban J connectivity index is 1.23. The number of hydrogen-bond donors (Lipinski definition) is 0. The standard InChI is InChI=1S/C51H69FO4S4/c1-6-9-12-15-18-19-20-21-24-27-30-56-51(53)50-44(52)43-47(60-50)36(5)58-49(43)42-33-37-32-38-39(34-41(37)59-42)45(54-28-25-22-16-13-10-7-2)40-31-35(4)57-48(40)46(38)55-29-26-23-17-14-11-8-3/h31-34H,6-30H2,1-5H3. The number of carbonyl (C=O) groups is 1. The topological polar surface area (TPSA) is 44.8 Å². The Morgan fingerprint density at radius 2 is 1.08 bits per heavy atom. The number of rotatable bonds is 29. The summed E-state index contributed by atoms with van der Waals surface area (Å²) >= 11 is 6.32. The number of esters is 1. The minimum absolute atomic E-state index is 0.0887. The van der Waals surface area contributed by atoms with Gasteiger partial charge in [0.1, 0.15) is 16.4 Å². The molecule has 0 fully saturated rings. The second-order valence-corrected chi connectivity index (χ2v) is 21.4. The minimum atomic E-state index is -0.542. The van der Waals surface area contributed by atoms with Crippen molar-refractivity contribution in [3.8, 4) is 21.3 Å². The van der Waals surface area contributed by atoms with Gasteiger partial charge in [0.15, 0.2) is 5.82 Å². The lowest BCUT2D eigenvalue weighted by atomic mass is 10.0. The van der Waals surface area contributed by atoms with Gasteiger partial charge in [0, 0.05) is 40.9 Å². The van der Waals surface area contributed by atoms with Crippen molar-refractivity contribution in [3.63, 3.8) is 0 Å². The molecule has 4 aromatic heterocycles. The van der Waals surface area contributed by atoms with Crippen molar-refractivity contribution in [3.05, 3.63) is 44.7 Å². The van der Waals surface area contributed by atoms with E-state index in [0.717, 1.165) is 93.9 Å². The number of ether oxygens (including phenoxy) is 3. The van der Waals surface area contributed by atoms with Gasteiger partial charge in [-0.05, 0) is 62.8 Å². The second kappa shape index (κ2) is 24.2. The van der Waals surface area contributed by atoms with E-state index in [9.17, 15) is 4.79 Å². The van der Waals surface area contributed by atoms with Crippen LogP contribution >= 0.6 is 45.3 Å². The predicted octanol–water partition coefficient (Wildman–Crippen LogP) is 18.5. The molecule has 0 aliphatic rings. The van der Waals surface area contributed by atoms with Crippen LogP contribution < -0.4 is 9.47 Å². The van der Waals surface area contributed by atoms with Crippen LogP contribution in [0.15, 0.2) is 24.3 Å². The Labute approximate surface area is 375 Å². The van der Waals surface area contributed by atoms with Crippen molar-refractivity contribution >= 4 is 92.3 Å². The largest absolute Gasteiger partial charge is 0.492 e. The summed E-state index contributed by atoms with van der Waals surface area (Å²) < 4.78 is 38.7. The highest BCUT2D eigenvalue weighted by Crippen LogP contribution is 2.51. The summed E-state index contributed by atoms with van der Waals surface area (Å²) in [4.78, 5) is 17.5. The van der Waals surface area contributed by atoms with Gasteiger partial charge in [0.2, 0.25) is 0 Å². The first-order valence-corrected chi connectivity index (χ1v) is 26.7. The first-order chi connectivity index (χ1) is 29.4. The van der Waals surface area contributed by atoms with Crippen molar-refractivity contribution < 1.29 is 23.4 Å². The molecule has 6 aromatic rings. The van der Waals surface area contributed by atoms with E-state index in [-0.39, 0.29) is 4.88 Å². The number of hydrogen-bond acceptors (Lipinski definition) is 8. The molecule has 0 bridgehead atoms. The van der Waals surface area contributed by atoms with Crippen LogP contribution in [0.3, 0.4) is 0 Å². The van der Waals surface area contributed by atoms with Gasteiger partial charge in [-0.3, -0.25) is 0 Å². The smallest absolute Gasteiger partial charge is 0.351 e. The lowest BCUT2D eigenvalue weighted by molar-refractivity contribution is 0.0499. The van der Waals surface area contributed by atoms with Crippen LogP contribution in [-0.2, 0) is 4.74 Å². The molecular weight excluding hydrogens is 824 g/mol. The average molecular weight is 893 g/mol. The van der Waals surface area contributed by atoms with E-state index >= 15 is 4.39 Å². The summed E-state index contributed by atoms with van der Waals surface area (Å²) in [6, 6.07) is 9.01. The molecule has 0 aliphatic heterocycles. The van der Waals surface area contributed by atoms with E-state index in [1.54, 1.807) is 34.0 Å². The van der Waals surface area contributed by atoms with Gasteiger partial charge in [-0.1, -0.05) is 143 Å². The lowest BCUT2D eigenvalue weighted by Crippen LogP contribution is -2.06. The molecule has 2 aromatic carbocycles. The van der Waals surface area contributed by atoms with Crippen LogP contribution in [0.1, 0.15) is 181 Å². The Bertz CT molecular complexity index is 2160. The number of carbonyl (C=O) groups excluding carboxylic acids is 1. The molecule has 0 atom stereocenters. The Morgan fingerprint density at radius 1 is 0.550 bits per heavy atom. The summed E-state index contributed by atoms with van der Waals surface area (Å²) in [6.45, 7) is 12.7. The van der Waals surface area contributed by atoms with Gasteiger partial charge in [0.25, 0.3) is 0 Å². The van der Waals surface area contributed by atoms with Gasteiger partial charge < -0.3 is 14.2 Å². The quantitative estimate of drug-likeness (QED) is 0.0348. The molecule has 0 spiro atoms. The van der Waals surface area contributed by atoms with E-state index in [1.165, 1.54) is 125 Å². The van der Waals surface area contributed by atoms with Crippen molar-refractivity contribution in [2.75, 3.05) is 19.8 Å². The fourth-order valence-electron chi connectivity index (χ4n) is 8.34. The monoisotopic (exact) mass is 892 g/mol. The SMILES string of the molecule is CCCCCCCCCCCCOC(=O)c1sc2c(C)sc(-c3cc4cc5c(OCCCCCCCC)c6sc(C)cc6c(OCCCCCCCC)c5cc4s3)c2c1F. The molecule has 0 aliphatic carbocycles. The zero-order chi connectivity index (χ0) is 42.3. The molecule has 0 amide bonds. The number of unbranched alkanes of at least 4 members (excludes halogenated alkanes) is 19. The van der Waals surface area contributed by atoms with Crippen LogP contribution in [0.25, 0.3) is 50.8 Å². The molecule has 0 N–H and O–H groups in total. The minimum Gasteiger partial charge on any atom is -0.492 e. The van der Waals surface area contributed by atoms with E-state index in [1.807, 2.05) is 6.92 Å². The van der Waals surface area contributed by atoms with Gasteiger partial charge in [-0.2, -0.15) is 0 Å². The van der Waals surface area contributed by atoms with Gasteiger partial charge >= 0.3 is 5.97 Å². The predicted molar refractivity (Wildman–Crippen MR) is 263 cm³/mol. The van der Waals surface area contributed by atoms with E-state index in [0.29, 0.717) is 25.2 Å². The summed E-state index contributed by atoms with van der Waals surface area (Å²) in [6.07, 6.45) is 26.7. The molecule has 0 unspecified atom stereocenters. The molecule has 6 rings (SSSR count). The maximum Gasteiger partial charge on any atom is 0.351 e.